The molecule has 0 heterocycles. The van der Waals surface area contributed by atoms with Gasteiger partial charge >= 0.3 is 0 Å². The van der Waals surface area contributed by atoms with Gasteiger partial charge in [-0.25, -0.2) is 17.2 Å². The second kappa shape index (κ2) is 8.27. The predicted octanol–water partition coefficient (Wildman–Crippen LogP) is 2.72. The molecule has 1 amide bonds. The Morgan fingerprint density at radius 1 is 1.12 bits per heavy atom. The van der Waals surface area contributed by atoms with Gasteiger partial charge in [-0.05, 0) is 36.2 Å². The molecule has 0 aliphatic carbocycles. The van der Waals surface area contributed by atoms with Gasteiger partial charge in [-0.1, -0.05) is 25.1 Å². The van der Waals surface area contributed by atoms with Gasteiger partial charge in [0, 0.05) is 12.1 Å². The van der Waals surface area contributed by atoms with E-state index in [1.807, 2.05) is 19.1 Å². The first-order valence-corrected chi connectivity index (χ1v) is 9.87. The molecular formula is C18H20F2N2O3S. The number of carbonyl (C=O) groups is 1. The van der Waals surface area contributed by atoms with Gasteiger partial charge in [0.2, 0.25) is 10.0 Å². The summed E-state index contributed by atoms with van der Waals surface area (Å²) in [6, 6.07) is 9.94. The van der Waals surface area contributed by atoms with Gasteiger partial charge in [0.1, 0.15) is 0 Å². The first-order valence-electron chi connectivity index (χ1n) is 8.03. The van der Waals surface area contributed by atoms with Gasteiger partial charge in [0.15, 0.2) is 11.6 Å². The van der Waals surface area contributed by atoms with Crippen LogP contribution < -0.4 is 9.62 Å². The summed E-state index contributed by atoms with van der Waals surface area (Å²) in [7, 11) is -3.55. The van der Waals surface area contributed by atoms with Crippen molar-refractivity contribution in [1.29, 1.82) is 0 Å². The van der Waals surface area contributed by atoms with Gasteiger partial charge < -0.3 is 5.32 Å². The average molecular weight is 382 g/mol. The largest absolute Gasteiger partial charge is 0.350 e. The van der Waals surface area contributed by atoms with Crippen LogP contribution >= 0.6 is 0 Å². The lowest BCUT2D eigenvalue weighted by molar-refractivity contribution is 0.0954. The summed E-state index contributed by atoms with van der Waals surface area (Å²) < 4.78 is 51.7. The molecule has 1 N–H and O–H groups in total. The third-order valence-electron chi connectivity index (χ3n) is 3.82. The maximum absolute atomic E-state index is 13.2. The average Bonchev–Trinajstić information content (AvgIpc) is 2.59. The molecule has 0 atom stereocenters. The van der Waals surface area contributed by atoms with E-state index < -0.39 is 27.6 Å². The number of amides is 1. The van der Waals surface area contributed by atoms with Crippen LogP contribution in [0.3, 0.4) is 0 Å². The maximum Gasteiger partial charge on any atom is 0.251 e. The molecule has 140 valence electrons. The number of halogens is 2. The van der Waals surface area contributed by atoms with E-state index in [2.05, 4.69) is 5.32 Å². The highest BCUT2D eigenvalue weighted by Crippen LogP contribution is 2.23. The molecule has 0 bridgehead atoms. The van der Waals surface area contributed by atoms with Crippen molar-refractivity contribution in [3.05, 3.63) is 65.2 Å². The molecule has 0 saturated carbocycles. The van der Waals surface area contributed by atoms with Gasteiger partial charge in [-0.3, -0.25) is 9.10 Å². The van der Waals surface area contributed by atoms with Crippen molar-refractivity contribution in [2.24, 2.45) is 0 Å². The molecule has 2 aromatic rings. The number of aryl methyl sites for hydroxylation is 1. The molecule has 0 fully saturated rings. The summed E-state index contributed by atoms with van der Waals surface area (Å²) in [5.74, 6) is -2.77. The Labute approximate surface area is 151 Å². The fourth-order valence-electron chi connectivity index (χ4n) is 2.53. The zero-order valence-electron chi connectivity index (χ0n) is 14.5. The monoisotopic (exact) mass is 382 g/mol. The van der Waals surface area contributed by atoms with Crippen LogP contribution in [0.5, 0.6) is 0 Å². The highest BCUT2D eigenvalue weighted by Gasteiger charge is 2.20. The Bertz CT molecular complexity index is 901. The van der Waals surface area contributed by atoms with Crippen molar-refractivity contribution >= 4 is 21.6 Å². The SMILES string of the molecule is CCc1ccccc1N(CCNC(=O)c1ccc(F)c(F)c1)S(C)(=O)=O. The lowest BCUT2D eigenvalue weighted by atomic mass is 10.1. The number of benzene rings is 2. The number of nitrogens with zero attached hydrogens (tertiary/aromatic N) is 1. The normalized spacial score (nSPS) is 11.2. The van der Waals surface area contributed by atoms with E-state index in [4.69, 9.17) is 0 Å². The van der Waals surface area contributed by atoms with Crippen LogP contribution in [0.15, 0.2) is 42.5 Å². The fraction of sp³-hybridized carbons (Fsp3) is 0.278. The highest BCUT2D eigenvalue weighted by molar-refractivity contribution is 7.92. The van der Waals surface area contributed by atoms with E-state index in [0.717, 1.165) is 30.0 Å². The van der Waals surface area contributed by atoms with Crippen LogP contribution in [0.4, 0.5) is 14.5 Å². The van der Waals surface area contributed by atoms with Gasteiger partial charge in [0.25, 0.3) is 5.91 Å². The maximum atomic E-state index is 13.2. The second-order valence-corrected chi connectivity index (χ2v) is 7.61. The van der Waals surface area contributed by atoms with Gasteiger partial charge in [-0.2, -0.15) is 0 Å². The molecule has 0 saturated heterocycles. The lowest BCUT2D eigenvalue weighted by Gasteiger charge is -2.24. The first kappa shape index (κ1) is 19.8. The van der Waals surface area contributed by atoms with Crippen LogP contribution in [0.25, 0.3) is 0 Å². The Morgan fingerprint density at radius 3 is 2.42 bits per heavy atom. The summed E-state index contributed by atoms with van der Waals surface area (Å²) in [5, 5.41) is 2.52. The Kier molecular flexibility index (Phi) is 6.31. The number of sulfonamides is 1. The van der Waals surface area contributed by atoms with Crippen molar-refractivity contribution in [3.8, 4) is 0 Å². The molecule has 2 rings (SSSR count). The number of hydrogen-bond acceptors (Lipinski definition) is 3. The lowest BCUT2D eigenvalue weighted by Crippen LogP contribution is -2.38. The van der Waals surface area contributed by atoms with E-state index >= 15 is 0 Å². The summed E-state index contributed by atoms with van der Waals surface area (Å²) in [6.07, 6.45) is 1.75. The number of carbonyl (C=O) groups excluding carboxylic acids is 1. The molecule has 0 aromatic heterocycles. The minimum Gasteiger partial charge on any atom is -0.350 e. The highest BCUT2D eigenvalue weighted by atomic mass is 32.2. The van der Waals surface area contributed by atoms with Crippen LogP contribution in [0, 0.1) is 11.6 Å². The molecule has 0 radical (unpaired) electrons. The molecule has 2 aromatic carbocycles. The number of nitrogens with one attached hydrogen (secondary N) is 1. The zero-order valence-corrected chi connectivity index (χ0v) is 15.3. The molecule has 0 unspecified atom stereocenters. The number of para-hydroxylation sites is 1. The Hall–Kier alpha value is -2.48. The van der Waals surface area contributed by atoms with Crippen molar-refractivity contribution < 1.29 is 22.0 Å². The van der Waals surface area contributed by atoms with Crippen LogP contribution in [0.2, 0.25) is 0 Å². The molecule has 0 spiro atoms. The van der Waals surface area contributed by atoms with E-state index in [0.29, 0.717) is 12.1 Å². The van der Waals surface area contributed by atoms with E-state index in [1.165, 1.54) is 4.31 Å². The fourth-order valence-corrected chi connectivity index (χ4v) is 3.49. The molecule has 0 aliphatic heterocycles. The molecular weight excluding hydrogens is 362 g/mol. The predicted molar refractivity (Wildman–Crippen MR) is 96.7 cm³/mol. The van der Waals surface area contributed by atoms with Crippen molar-refractivity contribution in [2.75, 3.05) is 23.7 Å². The summed E-state index contributed by atoms with van der Waals surface area (Å²) in [6.45, 7) is 1.96. The Balaban J connectivity index is 2.11. The van der Waals surface area contributed by atoms with Gasteiger partial charge in [0.05, 0.1) is 18.5 Å². The Morgan fingerprint density at radius 2 is 1.81 bits per heavy atom. The topological polar surface area (TPSA) is 66.5 Å². The number of hydrogen-bond donors (Lipinski definition) is 1. The third-order valence-corrected chi connectivity index (χ3v) is 5.00. The van der Waals surface area contributed by atoms with E-state index in [-0.39, 0.29) is 18.7 Å². The zero-order chi connectivity index (χ0) is 19.3. The van der Waals surface area contributed by atoms with Crippen molar-refractivity contribution in [1.82, 2.24) is 5.32 Å². The molecule has 5 nitrogen and oxygen atoms in total. The standard InChI is InChI=1S/C18H20F2N2O3S/c1-3-13-6-4-5-7-17(13)22(26(2,24)25)11-10-21-18(23)14-8-9-15(19)16(20)12-14/h4-9,12H,3,10-11H2,1-2H3,(H,21,23). The van der Waals surface area contributed by atoms with Crippen molar-refractivity contribution in [3.63, 3.8) is 0 Å². The summed E-state index contributed by atoms with van der Waals surface area (Å²) >= 11 is 0. The molecule has 0 aliphatic rings. The third kappa shape index (κ3) is 4.78. The minimum absolute atomic E-state index is 0.0168. The van der Waals surface area contributed by atoms with Crippen LogP contribution in [0.1, 0.15) is 22.8 Å². The van der Waals surface area contributed by atoms with E-state index in [9.17, 15) is 22.0 Å². The smallest absolute Gasteiger partial charge is 0.251 e. The molecule has 8 heteroatoms. The van der Waals surface area contributed by atoms with Crippen LogP contribution in [-0.4, -0.2) is 33.7 Å². The summed E-state index contributed by atoms with van der Waals surface area (Å²) in [5.41, 5.74) is 1.38. The second-order valence-electron chi connectivity index (χ2n) is 5.70. The van der Waals surface area contributed by atoms with E-state index in [1.54, 1.807) is 12.1 Å². The number of rotatable bonds is 7. The quantitative estimate of drug-likeness (QED) is 0.801. The molecule has 26 heavy (non-hydrogen) atoms. The first-order chi connectivity index (χ1) is 12.2. The van der Waals surface area contributed by atoms with Crippen molar-refractivity contribution in [2.45, 2.75) is 13.3 Å². The summed E-state index contributed by atoms with van der Waals surface area (Å²) in [4.78, 5) is 12.0. The van der Waals surface area contributed by atoms with Crippen LogP contribution in [-0.2, 0) is 16.4 Å². The minimum atomic E-state index is -3.55. The number of anilines is 1. The van der Waals surface area contributed by atoms with Gasteiger partial charge in [-0.15, -0.1) is 0 Å².